The van der Waals surface area contributed by atoms with Crippen molar-refractivity contribution < 1.29 is 14.3 Å². The minimum atomic E-state index is -0.455. The fourth-order valence-corrected chi connectivity index (χ4v) is 3.28. The maximum Gasteiger partial charge on any atom is 0.329 e. The number of urea groups is 1. The lowest BCUT2D eigenvalue weighted by Crippen LogP contribution is -2.35. The number of rotatable bonds is 5. The van der Waals surface area contributed by atoms with Gasteiger partial charge in [0, 0.05) is 43.0 Å². The SMILES string of the molecule is Cc1nc(NC(=O)N2CCCC2=O)ccc1Oc1ccnc(-c2cnn(C(C)C)c2)c1. The number of hydrogen-bond acceptors (Lipinski definition) is 6. The topological polar surface area (TPSA) is 102 Å². The molecule has 9 heteroatoms. The molecular formula is C22H24N6O3. The van der Waals surface area contributed by atoms with Crippen LogP contribution < -0.4 is 10.1 Å². The van der Waals surface area contributed by atoms with Gasteiger partial charge in [-0.3, -0.25) is 24.7 Å². The lowest BCUT2D eigenvalue weighted by Gasteiger charge is -2.15. The molecule has 1 N–H and O–H groups in total. The molecule has 4 rings (SSSR count). The number of nitrogens with one attached hydrogen (secondary N) is 1. The van der Waals surface area contributed by atoms with E-state index in [1.807, 2.05) is 16.9 Å². The van der Waals surface area contributed by atoms with Gasteiger partial charge in [0.1, 0.15) is 17.3 Å². The lowest BCUT2D eigenvalue weighted by atomic mass is 10.2. The van der Waals surface area contributed by atoms with Gasteiger partial charge in [-0.15, -0.1) is 0 Å². The van der Waals surface area contributed by atoms with Crippen molar-refractivity contribution in [3.8, 4) is 22.8 Å². The second kappa shape index (κ2) is 8.55. The molecule has 3 aromatic heterocycles. The second-order valence-corrected chi connectivity index (χ2v) is 7.64. The number of hydrogen-bond donors (Lipinski definition) is 1. The molecule has 0 radical (unpaired) electrons. The Labute approximate surface area is 180 Å². The van der Waals surface area contributed by atoms with E-state index >= 15 is 0 Å². The number of nitrogens with zero attached hydrogens (tertiary/aromatic N) is 5. The normalized spacial score (nSPS) is 13.7. The standard InChI is InChI=1S/C22H24N6O3/c1-14(2)28-13-16(12-24-28)18-11-17(8-9-23-18)31-19-6-7-20(25-15(19)3)26-22(30)27-10-4-5-21(27)29/h6-9,11-14H,4-5,10H2,1-3H3,(H,25,26,30). The summed E-state index contributed by atoms with van der Waals surface area (Å²) in [6, 6.07) is 6.81. The molecular weight excluding hydrogens is 396 g/mol. The van der Waals surface area contributed by atoms with Crippen molar-refractivity contribution in [3.05, 3.63) is 48.5 Å². The maximum atomic E-state index is 12.2. The Kier molecular flexibility index (Phi) is 5.66. The van der Waals surface area contributed by atoms with Gasteiger partial charge in [-0.1, -0.05) is 0 Å². The van der Waals surface area contributed by atoms with E-state index in [1.165, 1.54) is 4.90 Å². The Balaban J connectivity index is 1.47. The predicted molar refractivity (Wildman–Crippen MR) is 115 cm³/mol. The highest BCUT2D eigenvalue weighted by atomic mass is 16.5. The van der Waals surface area contributed by atoms with Gasteiger partial charge < -0.3 is 4.74 Å². The van der Waals surface area contributed by atoms with Crippen LogP contribution >= 0.6 is 0 Å². The third kappa shape index (κ3) is 4.55. The molecule has 3 amide bonds. The molecule has 1 aliphatic heterocycles. The number of anilines is 1. The zero-order valence-electron chi connectivity index (χ0n) is 17.7. The second-order valence-electron chi connectivity index (χ2n) is 7.64. The van der Waals surface area contributed by atoms with Crippen molar-refractivity contribution in [2.75, 3.05) is 11.9 Å². The Morgan fingerprint density at radius 3 is 2.77 bits per heavy atom. The lowest BCUT2D eigenvalue weighted by molar-refractivity contribution is -0.125. The van der Waals surface area contributed by atoms with E-state index in [0.29, 0.717) is 42.4 Å². The molecule has 1 aliphatic rings. The highest BCUT2D eigenvalue weighted by Gasteiger charge is 2.26. The number of imide groups is 1. The van der Waals surface area contributed by atoms with E-state index in [-0.39, 0.29) is 11.9 Å². The summed E-state index contributed by atoms with van der Waals surface area (Å²) in [6.45, 7) is 6.36. The van der Waals surface area contributed by atoms with Gasteiger partial charge in [0.2, 0.25) is 5.91 Å². The van der Waals surface area contributed by atoms with Crippen LogP contribution in [0.1, 0.15) is 38.4 Å². The molecule has 9 nitrogen and oxygen atoms in total. The van der Waals surface area contributed by atoms with Crippen LogP contribution in [0.3, 0.4) is 0 Å². The van der Waals surface area contributed by atoms with Crippen molar-refractivity contribution in [2.45, 2.75) is 39.7 Å². The van der Waals surface area contributed by atoms with E-state index in [0.717, 1.165) is 11.3 Å². The molecule has 0 spiro atoms. The molecule has 0 aromatic carbocycles. The Hall–Kier alpha value is -3.75. The van der Waals surface area contributed by atoms with Crippen LogP contribution in [0.25, 0.3) is 11.3 Å². The molecule has 0 bridgehead atoms. The van der Waals surface area contributed by atoms with Crippen LogP contribution in [0.5, 0.6) is 11.5 Å². The average molecular weight is 420 g/mol. The number of carbonyl (C=O) groups excluding carboxylic acids is 2. The zero-order valence-corrected chi connectivity index (χ0v) is 17.7. The summed E-state index contributed by atoms with van der Waals surface area (Å²) in [5.74, 6) is 1.38. The molecule has 3 aromatic rings. The Bertz CT molecular complexity index is 1120. The summed E-state index contributed by atoms with van der Waals surface area (Å²) in [6.07, 6.45) is 6.51. The predicted octanol–water partition coefficient (Wildman–Crippen LogP) is 4.18. The van der Waals surface area contributed by atoms with Crippen LogP contribution in [0.15, 0.2) is 42.9 Å². The highest BCUT2D eigenvalue weighted by Crippen LogP contribution is 2.28. The Morgan fingerprint density at radius 1 is 1.26 bits per heavy atom. The van der Waals surface area contributed by atoms with Gasteiger partial charge in [-0.2, -0.15) is 5.10 Å². The zero-order chi connectivity index (χ0) is 22.0. The molecule has 0 atom stereocenters. The number of ether oxygens (including phenoxy) is 1. The van der Waals surface area contributed by atoms with Crippen molar-refractivity contribution in [1.82, 2.24) is 24.6 Å². The van der Waals surface area contributed by atoms with E-state index < -0.39 is 6.03 Å². The van der Waals surface area contributed by atoms with Gasteiger partial charge in [-0.25, -0.2) is 9.78 Å². The van der Waals surface area contributed by atoms with E-state index in [1.54, 1.807) is 37.5 Å². The Morgan fingerprint density at radius 2 is 2.10 bits per heavy atom. The van der Waals surface area contributed by atoms with Gasteiger partial charge >= 0.3 is 6.03 Å². The fraction of sp³-hybridized carbons (Fsp3) is 0.318. The van der Waals surface area contributed by atoms with E-state index in [4.69, 9.17) is 4.74 Å². The fourth-order valence-electron chi connectivity index (χ4n) is 3.28. The first-order valence-electron chi connectivity index (χ1n) is 10.2. The summed E-state index contributed by atoms with van der Waals surface area (Å²) < 4.78 is 7.87. The molecule has 0 saturated carbocycles. The maximum absolute atomic E-state index is 12.2. The number of aryl methyl sites for hydroxylation is 1. The summed E-state index contributed by atoms with van der Waals surface area (Å²) >= 11 is 0. The van der Waals surface area contributed by atoms with Crippen molar-refractivity contribution in [1.29, 1.82) is 0 Å². The van der Waals surface area contributed by atoms with Crippen LogP contribution in [-0.4, -0.2) is 43.1 Å². The van der Waals surface area contributed by atoms with Crippen LogP contribution in [-0.2, 0) is 4.79 Å². The smallest absolute Gasteiger partial charge is 0.329 e. The van der Waals surface area contributed by atoms with Gasteiger partial charge in [0.15, 0.2) is 0 Å². The average Bonchev–Trinajstić information content (AvgIpc) is 3.40. The van der Waals surface area contributed by atoms with Crippen molar-refractivity contribution in [3.63, 3.8) is 0 Å². The molecule has 4 heterocycles. The number of pyridine rings is 2. The monoisotopic (exact) mass is 420 g/mol. The first kappa shape index (κ1) is 20.5. The number of aromatic nitrogens is 4. The van der Waals surface area contributed by atoms with E-state index in [9.17, 15) is 9.59 Å². The van der Waals surface area contributed by atoms with E-state index in [2.05, 4.69) is 34.2 Å². The summed E-state index contributed by atoms with van der Waals surface area (Å²) in [5.41, 5.74) is 2.27. The number of amides is 3. The van der Waals surface area contributed by atoms with Gasteiger partial charge in [0.05, 0.1) is 17.6 Å². The first-order chi connectivity index (χ1) is 14.9. The van der Waals surface area contributed by atoms with Crippen LogP contribution in [0.4, 0.5) is 10.6 Å². The molecule has 1 fully saturated rings. The van der Waals surface area contributed by atoms with Crippen molar-refractivity contribution >= 4 is 17.8 Å². The molecule has 1 saturated heterocycles. The van der Waals surface area contributed by atoms with Gasteiger partial charge in [0.25, 0.3) is 0 Å². The molecule has 0 aliphatic carbocycles. The minimum absolute atomic E-state index is 0.165. The number of carbonyl (C=O) groups is 2. The van der Waals surface area contributed by atoms with Crippen LogP contribution in [0, 0.1) is 6.92 Å². The summed E-state index contributed by atoms with van der Waals surface area (Å²) in [5, 5.41) is 7.02. The first-order valence-corrected chi connectivity index (χ1v) is 10.2. The highest BCUT2D eigenvalue weighted by molar-refractivity contribution is 6.01. The third-order valence-electron chi connectivity index (χ3n) is 4.98. The minimum Gasteiger partial charge on any atom is -0.455 e. The summed E-state index contributed by atoms with van der Waals surface area (Å²) in [4.78, 5) is 33.9. The van der Waals surface area contributed by atoms with Crippen molar-refractivity contribution in [2.24, 2.45) is 0 Å². The van der Waals surface area contributed by atoms with Crippen LogP contribution in [0.2, 0.25) is 0 Å². The third-order valence-corrected chi connectivity index (χ3v) is 4.98. The quantitative estimate of drug-likeness (QED) is 0.664. The van der Waals surface area contributed by atoms with Gasteiger partial charge in [-0.05, 0) is 45.4 Å². The largest absolute Gasteiger partial charge is 0.455 e. The summed E-state index contributed by atoms with van der Waals surface area (Å²) in [7, 11) is 0. The molecule has 31 heavy (non-hydrogen) atoms. The number of likely N-dealkylation sites (tertiary alicyclic amines) is 1. The molecule has 160 valence electrons. The molecule has 0 unspecified atom stereocenters.